The van der Waals surface area contributed by atoms with Crippen LogP contribution in [-0.2, 0) is 13.1 Å². The molecule has 2 N–H and O–H groups in total. The molecule has 2 heterocycles. The lowest BCUT2D eigenvalue weighted by molar-refractivity contribution is 0.599. The lowest BCUT2D eigenvalue weighted by atomic mass is 10.3. The van der Waals surface area contributed by atoms with Gasteiger partial charge in [-0.05, 0) is 34.5 Å². The smallest absolute Gasteiger partial charge is 0.353 e. The molecule has 1 aromatic carbocycles. The van der Waals surface area contributed by atoms with Crippen molar-refractivity contribution in [3.8, 4) is 0 Å². The predicted molar refractivity (Wildman–Crippen MR) is 91.3 cm³/mol. The fourth-order valence-corrected chi connectivity index (χ4v) is 3.23. The first-order valence-corrected chi connectivity index (χ1v) is 8.62. The second-order valence-corrected chi connectivity index (χ2v) is 5.84. The minimum Gasteiger partial charge on any atom is -0.369 e. The number of para-hydroxylation sites is 2. The summed E-state index contributed by atoms with van der Waals surface area (Å²) in [4.78, 5) is 32.8. The second kappa shape index (κ2) is 5.96. The third-order valence-electron chi connectivity index (χ3n) is 3.66. The fourth-order valence-electron chi connectivity index (χ4n) is 2.54. The highest BCUT2D eigenvalue weighted by atomic mass is 31.1. The van der Waals surface area contributed by atoms with Gasteiger partial charge in [0, 0.05) is 6.54 Å². The van der Waals surface area contributed by atoms with Crippen molar-refractivity contribution in [2.24, 2.45) is 0 Å². The Morgan fingerprint density at radius 2 is 1.91 bits per heavy atom. The molecule has 2 aromatic heterocycles. The molecule has 1 atom stereocenters. The maximum absolute atomic E-state index is 12.4. The van der Waals surface area contributed by atoms with E-state index in [0.29, 0.717) is 18.3 Å². The van der Waals surface area contributed by atoms with E-state index in [1.165, 1.54) is 4.34 Å². The number of imidazole rings is 1. The summed E-state index contributed by atoms with van der Waals surface area (Å²) in [5, 5.41) is 0. The Morgan fingerprint density at radius 1 is 1.17 bits per heavy atom. The Kier molecular flexibility index (Phi) is 4.00. The number of nitrogens with zero attached hydrogens (tertiary/aromatic N) is 5. The van der Waals surface area contributed by atoms with Gasteiger partial charge in [-0.25, -0.2) is 19.1 Å². The SMILES string of the molecule is CCn1c(=O)nc(Cn2c(N)nc3ccccc32)n(PC)c1=O. The monoisotopic (exact) mass is 332 g/mol. The van der Waals surface area contributed by atoms with Gasteiger partial charge in [-0.3, -0.25) is 4.34 Å². The number of nitrogen functional groups attached to an aromatic ring is 1. The number of aromatic nitrogens is 5. The largest absolute Gasteiger partial charge is 0.369 e. The quantitative estimate of drug-likeness (QED) is 0.700. The molecule has 0 spiro atoms. The first-order valence-electron chi connectivity index (χ1n) is 7.18. The highest BCUT2D eigenvalue weighted by molar-refractivity contribution is 7.35. The number of anilines is 1. The molecule has 0 saturated carbocycles. The third-order valence-corrected chi connectivity index (χ3v) is 4.56. The first kappa shape index (κ1) is 15.4. The average molecular weight is 332 g/mol. The van der Waals surface area contributed by atoms with Crippen LogP contribution in [0.3, 0.4) is 0 Å². The minimum absolute atomic E-state index is 0.166. The van der Waals surface area contributed by atoms with E-state index in [4.69, 9.17) is 5.73 Å². The lowest BCUT2D eigenvalue weighted by Crippen LogP contribution is -2.41. The summed E-state index contributed by atoms with van der Waals surface area (Å²) in [6.45, 7) is 4.13. The summed E-state index contributed by atoms with van der Waals surface area (Å²) in [6.07, 6.45) is 0. The number of rotatable bonds is 4. The van der Waals surface area contributed by atoms with Crippen molar-refractivity contribution in [1.82, 2.24) is 23.4 Å². The van der Waals surface area contributed by atoms with Crippen LogP contribution < -0.4 is 17.1 Å². The molecule has 8 nitrogen and oxygen atoms in total. The molecule has 0 saturated heterocycles. The summed E-state index contributed by atoms with van der Waals surface area (Å²) >= 11 is 0. The van der Waals surface area contributed by atoms with E-state index in [2.05, 4.69) is 9.97 Å². The van der Waals surface area contributed by atoms with E-state index < -0.39 is 5.69 Å². The number of benzene rings is 1. The lowest BCUT2D eigenvalue weighted by Gasteiger charge is -2.13. The molecule has 0 amide bonds. The number of hydrogen-bond acceptors (Lipinski definition) is 5. The summed E-state index contributed by atoms with van der Waals surface area (Å²) in [6, 6.07) is 7.52. The molecule has 0 bridgehead atoms. The molecule has 0 aliphatic carbocycles. The van der Waals surface area contributed by atoms with Crippen LogP contribution in [0.2, 0.25) is 0 Å². The molecular weight excluding hydrogens is 315 g/mol. The fraction of sp³-hybridized carbons (Fsp3) is 0.286. The Hall–Kier alpha value is -2.47. The first-order chi connectivity index (χ1) is 11.1. The molecule has 0 fully saturated rings. The Morgan fingerprint density at radius 3 is 2.61 bits per heavy atom. The predicted octanol–water partition coefficient (Wildman–Crippen LogP) is 0.476. The standard InChI is InChI=1S/C14H17N6O2P/c1-3-18-13(21)17-11(20(23-2)14(18)22)8-19-10-7-5-4-6-9(10)16-12(19)15/h4-7,23H,3,8H2,1-2H3,(H2,15,16). The van der Waals surface area contributed by atoms with E-state index >= 15 is 0 Å². The Balaban J connectivity index is 2.18. The van der Waals surface area contributed by atoms with Crippen LogP contribution in [0, 0.1) is 0 Å². The zero-order chi connectivity index (χ0) is 16.6. The van der Waals surface area contributed by atoms with Crippen LogP contribution >= 0.6 is 8.73 Å². The highest BCUT2D eigenvalue weighted by Crippen LogP contribution is 2.19. The van der Waals surface area contributed by atoms with Crippen LogP contribution in [0.25, 0.3) is 11.0 Å². The molecule has 120 valence electrons. The number of nitrogens with two attached hydrogens (primary N) is 1. The molecule has 0 aliphatic heterocycles. The molecular formula is C14H17N6O2P. The van der Waals surface area contributed by atoms with E-state index in [1.807, 2.05) is 30.9 Å². The van der Waals surface area contributed by atoms with Gasteiger partial charge in [-0.15, -0.1) is 0 Å². The topological polar surface area (TPSA) is 101 Å². The van der Waals surface area contributed by atoms with Crippen molar-refractivity contribution in [2.45, 2.75) is 20.0 Å². The van der Waals surface area contributed by atoms with E-state index in [1.54, 1.807) is 11.5 Å². The van der Waals surface area contributed by atoms with Crippen molar-refractivity contribution in [2.75, 3.05) is 12.4 Å². The minimum atomic E-state index is -0.537. The maximum Gasteiger partial charge on any atom is 0.353 e. The van der Waals surface area contributed by atoms with Gasteiger partial charge in [0.15, 0.2) is 0 Å². The van der Waals surface area contributed by atoms with Crippen LogP contribution in [-0.4, -0.2) is 30.1 Å². The van der Waals surface area contributed by atoms with Crippen molar-refractivity contribution in [3.05, 3.63) is 51.1 Å². The van der Waals surface area contributed by atoms with E-state index in [0.717, 1.165) is 15.6 Å². The van der Waals surface area contributed by atoms with Gasteiger partial charge in [0.05, 0.1) is 17.6 Å². The third kappa shape index (κ3) is 2.55. The van der Waals surface area contributed by atoms with Gasteiger partial charge < -0.3 is 10.3 Å². The molecule has 1 unspecified atom stereocenters. The zero-order valence-corrected chi connectivity index (χ0v) is 13.9. The van der Waals surface area contributed by atoms with Crippen LogP contribution in [0.4, 0.5) is 5.95 Å². The molecule has 3 aromatic rings. The van der Waals surface area contributed by atoms with E-state index in [-0.39, 0.29) is 21.0 Å². The highest BCUT2D eigenvalue weighted by Gasteiger charge is 2.14. The van der Waals surface area contributed by atoms with Crippen LogP contribution in [0.5, 0.6) is 0 Å². The van der Waals surface area contributed by atoms with Crippen molar-refractivity contribution >= 4 is 25.7 Å². The molecule has 3 rings (SSSR count). The Labute approximate surface area is 133 Å². The number of hydrogen-bond donors (Lipinski definition) is 1. The normalized spacial score (nSPS) is 11.7. The van der Waals surface area contributed by atoms with Gasteiger partial charge in [0.2, 0.25) is 5.95 Å². The van der Waals surface area contributed by atoms with Crippen molar-refractivity contribution < 1.29 is 0 Å². The molecule has 0 radical (unpaired) electrons. The van der Waals surface area contributed by atoms with E-state index in [9.17, 15) is 9.59 Å². The van der Waals surface area contributed by atoms with Crippen LogP contribution in [0.15, 0.2) is 33.9 Å². The van der Waals surface area contributed by atoms with Gasteiger partial charge >= 0.3 is 11.4 Å². The van der Waals surface area contributed by atoms with Crippen molar-refractivity contribution in [3.63, 3.8) is 0 Å². The summed E-state index contributed by atoms with van der Waals surface area (Å²) in [5.41, 5.74) is 6.70. The van der Waals surface area contributed by atoms with Gasteiger partial charge in [-0.2, -0.15) is 4.98 Å². The molecule has 23 heavy (non-hydrogen) atoms. The maximum atomic E-state index is 12.4. The summed E-state index contributed by atoms with van der Waals surface area (Å²) < 4.78 is 4.39. The molecule has 9 heteroatoms. The number of fused-ring (bicyclic) bond motifs is 1. The summed E-state index contributed by atoms with van der Waals surface area (Å²) in [5.74, 6) is 0.714. The second-order valence-electron chi connectivity index (χ2n) is 4.94. The van der Waals surface area contributed by atoms with Gasteiger partial charge in [-0.1, -0.05) is 12.1 Å². The van der Waals surface area contributed by atoms with Gasteiger partial charge in [0.25, 0.3) is 0 Å². The van der Waals surface area contributed by atoms with Crippen molar-refractivity contribution in [1.29, 1.82) is 0 Å². The molecule has 0 aliphatic rings. The summed E-state index contributed by atoms with van der Waals surface area (Å²) in [7, 11) is 0.166. The van der Waals surface area contributed by atoms with Gasteiger partial charge in [0.1, 0.15) is 5.82 Å². The average Bonchev–Trinajstić information content (AvgIpc) is 2.84. The zero-order valence-electron chi connectivity index (χ0n) is 12.9. The Bertz CT molecular complexity index is 987. The van der Waals surface area contributed by atoms with Crippen LogP contribution in [0.1, 0.15) is 12.7 Å².